The number of ether oxygens (including phenoxy) is 1. The predicted molar refractivity (Wildman–Crippen MR) is 92.4 cm³/mol. The molecule has 0 bridgehead atoms. The number of nitrogens with zero attached hydrogens (tertiary/aromatic N) is 1. The van der Waals surface area contributed by atoms with E-state index in [-0.39, 0.29) is 11.7 Å². The lowest BCUT2D eigenvalue weighted by atomic mass is 10.2. The van der Waals surface area contributed by atoms with Crippen molar-refractivity contribution in [1.29, 1.82) is 0 Å². The van der Waals surface area contributed by atoms with Crippen molar-refractivity contribution in [3.63, 3.8) is 0 Å². The van der Waals surface area contributed by atoms with Gasteiger partial charge >= 0.3 is 6.61 Å². The molecule has 8 heteroatoms. The van der Waals surface area contributed by atoms with Gasteiger partial charge in [-0.3, -0.25) is 4.79 Å². The lowest BCUT2D eigenvalue weighted by molar-refractivity contribution is -0.0498. The van der Waals surface area contributed by atoms with Crippen LogP contribution in [0.5, 0.6) is 5.75 Å². The first-order valence-electron chi connectivity index (χ1n) is 6.86. The number of nitrogens with one attached hydrogen (secondary N) is 1. The summed E-state index contributed by atoms with van der Waals surface area (Å²) in [5.74, 6) is -0.315. The normalized spacial score (nSPS) is 11.0. The molecule has 0 radical (unpaired) electrons. The van der Waals surface area contributed by atoms with Gasteiger partial charge in [0, 0.05) is 11.3 Å². The Morgan fingerprint density at radius 2 is 2.00 bits per heavy atom. The molecule has 0 atom stereocenters. The van der Waals surface area contributed by atoms with Crippen LogP contribution in [0.25, 0.3) is 10.2 Å². The number of aromatic nitrogens is 1. The first-order chi connectivity index (χ1) is 11.5. The fraction of sp³-hybridized carbons (Fsp3) is 0.125. The van der Waals surface area contributed by atoms with Crippen LogP contribution in [0.1, 0.15) is 10.4 Å². The van der Waals surface area contributed by atoms with Gasteiger partial charge in [-0.05, 0) is 48.7 Å². The monoisotopic (exact) mass is 366 g/mol. The molecular weight excluding hydrogens is 354 g/mol. The second-order valence-corrected chi connectivity index (χ2v) is 6.81. The largest absolute Gasteiger partial charge is 0.435 e. The van der Waals surface area contributed by atoms with E-state index in [1.54, 1.807) is 29.2 Å². The minimum absolute atomic E-state index is 0.0113. The van der Waals surface area contributed by atoms with Crippen LogP contribution in [0, 0.1) is 0 Å². The minimum atomic E-state index is -2.89. The number of rotatable bonds is 5. The molecular formula is C16H12F2N2O2S2. The fourth-order valence-corrected chi connectivity index (χ4v) is 3.59. The number of hydrogen-bond donors (Lipinski definition) is 1. The van der Waals surface area contributed by atoms with Crippen LogP contribution in [0.15, 0.2) is 46.8 Å². The lowest BCUT2D eigenvalue weighted by Gasteiger charge is -2.07. The zero-order chi connectivity index (χ0) is 17.1. The zero-order valence-corrected chi connectivity index (χ0v) is 14.1. The average molecular weight is 366 g/mol. The standard InChI is InChI=1S/C16H12F2N2O2S2/c1-23-16-20-12-7-4-10(8-13(12)24-16)19-14(21)9-2-5-11(6-3-9)22-15(17)18/h2-8,15H,1H3,(H,19,21). The van der Waals surface area contributed by atoms with E-state index in [0.717, 1.165) is 14.6 Å². The molecule has 0 fully saturated rings. The molecule has 124 valence electrons. The van der Waals surface area contributed by atoms with Crippen LogP contribution in [-0.2, 0) is 0 Å². The maximum atomic E-state index is 12.2. The molecule has 0 aliphatic heterocycles. The topological polar surface area (TPSA) is 51.2 Å². The summed E-state index contributed by atoms with van der Waals surface area (Å²) in [5.41, 5.74) is 1.89. The lowest BCUT2D eigenvalue weighted by Crippen LogP contribution is -2.11. The second-order valence-electron chi connectivity index (χ2n) is 4.72. The Balaban J connectivity index is 1.74. The van der Waals surface area contributed by atoms with E-state index in [4.69, 9.17) is 0 Å². The molecule has 0 aliphatic rings. The van der Waals surface area contributed by atoms with Crippen molar-refractivity contribution < 1.29 is 18.3 Å². The number of amides is 1. The third-order valence-corrected chi connectivity index (χ3v) is 5.15. The molecule has 0 unspecified atom stereocenters. The number of fused-ring (bicyclic) bond motifs is 1. The van der Waals surface area contributed by atoms with Gasteiger partial charge < -0.3 is 10.1 Å². The van der Waals surface area contributed by atoms with Gasteiger partial charge in [0.05, 0.1) is 10.2 Å². The highest BCUT2D eigenvalue weighted by Crippen LogP contribution is 2.30. The smallest absolute Gasteiger partial charge is 0.387 e. The van der Waals surface area contributed by atoms with Crippen LogP contribution in [0.2, 0.25) is 0 Å². The Morgan fingerprint density at radius 1 is 1.25 bits per heavy atom. The summed E-state index contributed by atoms with van der Waals surface area (Å²) in [6.45, 7) is -2.89. The van der Waals surface area contributed by atoms with Crippen molar-refractivity contribution in [2.45, 2.75) is 11.0 Å². The van der Waals surface area contributed by atoms with Crippen LogP contribution < -0.4 is 10.1 Å². The minimum Gasteiger partial charge on any atom is -0.435 e. The van der Waals surface area contributed by atoms with Gasteiger partial charge in [-0.2, -0.15) is 8.78 Å². The van der Waals surface area contributed by atoms with Crippen molar-refractivity contribution in [2.24, 2.45) is 0 Å². The van der Waals surface area contributed by atoms with Gasteiger partial charge in [0.25, 0.3) is 5.91 Å². The van der Waals surface area contributed by atoms with Crippen molar-refractivity contribution >= 4 is 44.9 Å². The molecule has 1 aromatic heterocycles. The number of carbonyl (C=O) groups excluding carboxylic acids is 1. The summed E-state index contributed by atoms with van der Waals surface area (Å²) in [7, 11) is 0. The maximum Gasteiger partial charge on any atom is 0.387 e. The maximum absolute atomic E-state index is 12.2. The van der Waals surface area contributed by atoms with Gasteiger partial charge in [0.2, 0.25) is 0 Å². The third-order valence-electron chi connectivity index (χ3n) is 3.14. The van der Waals surface area contributed by atoms with E-state index in [9.17, 15) is 13.6 Å². The molecule has 0 saturated heterocycles. The SMILES string of the molecule is CSc1nc2ccc(NC(=O)c3ccc(OC(F)F)cc3)cc2s1. The van der Waals surface area contributed by atoms with Crippen molar-refractivity contribution in [3.8, 4) is 5.75 Å². The summed E-state index contributed by atoms with van der Waals surface area (Å²) in [5, 5.41) is 2.78. The van der Waals surface area contributed by atoms with E-state index in [2.05, 4.69) is 15.0 Å². The Labute approximate surface area is 144 Å². The van der Waals surface area contributed by atoms with Crippen LogP contribution >= 0.6 is 23.1 Å². The van der Waals surface area contributed by atoms with Crippen LogP contribution in [-0.4, -0.2) is 23.8 Å². The molecule has 2 aromatic carbocycles. The Hall–Kier alpha value is -2.19. The van der Waals surface area contributed by atoms with Gasteiger partial charge in [-0.25, -0.2) is 4.98 Å². The third kappa shape index (κ3) is 3.82. The first kappa shape index (κ1) is 16.7. The second kappa shape index (κ2) is 7.14. The number of alkyl halides is 2. The van der Waals surface area contributed by atoms with E-state index in [1.165, 1.54) is 24.3 Å². The number of anilines is 1. The number of thioether (sulfide) groups is 1. The van der Waals surface area contributed by atoms with Crippen molar-refractivity contribution in [1.82, 2.24) is 4.98 Å². The number of thiazole rings is 1. The summed E-state index contributed by atoms with van der Waals surface area (Å²) in [6.07, 6.45) is 1.96. The van der Waals surface area contributed by atoms with E-state index < -0.39 is 6.61 Å². The van der Waals surface area contributed by atoms with Gasteiger partial charge in [0.15, 0.2) is 4.34 Å². The molecule has 24 heavy (non-hydrogen) atoms. The number of carbonyl (C=O) groups is 1. The highest BCUT2D eigenvalue weighted by atomic mass is 32.2. The van der Waals surface area contributed by atoms with E-state index >= 15 is 0 Å². The first-order valence-corrected chi connectivity index (χ1v) is 8.90. The van der Waals surface area contributed by atoms with Crippen molar-refractivity contribution in [3.05, 3.63) is 48.0 Å². The molecule has 0 saturated carbocycles. The Morgan fingerprint density at radius 3 is 2.67 bits per heavy atom. The van der Waals surface area contributed by atoms with E-state index in [0.29, 0.717) is 11.3 Å². The predicted octanol–water partition coefficient (Wildman–Crippen LogP) is 4.87. The molecule has 0 spiro atoms. The summed E-state index contributed by atoms with van der Waals surface area (Å²) in [6, 6.07) is 11.0. The number of hydrogen-bond acceptors (Lipinski definition) is 5. The summed E-state index contributed by atoms with van der Waals surface area (Å²) >= 11 is 3.13. The van der Waals surface area contributed by atoms with E-state index in [1.807, 2.05) is 18.4 Å². The molecule has 1 amide bonds. The van der Waals surface area contributed by atoms with Crippen LogP contribution in [0.4, 0.5) is 14.5 Å². The molecule has 3 rings (SSSR count). The highest BCUT2D eigenvalue weighted by molar-refractivity contribution is 8.00. The Kier molecular flexibility index (Phi) is 4.96. The summed E-state index contributed by atoms with van der Waals surface area (Å²) in [4.78, 5) is 16.7. The summed E-state index contributed by atoms with van der Waals surface area (Å²) < 4.78 is 30.4. The quantitative estimate of drug-likeness (QED) is 0.655. The highest BCUT2D eigenvalue weighted by Gasteiger charge is 2.10. The molecule has 3 aromatic rings. The zero-order valence-electron chi connectivity index (χ0n) is 12.5. The Bertz CT molecular complexity index is 866. The van der Waals surface area contributed by atoms with Gasteiger partial charge in [-0.1, -0.05) is 11.8 Å². The van der Waals surface area contributed by atoms with Gasteiger partial charge in [-0.15, -0.1) is 11.3 Å². The molecule has 1 heterocycles. The molecule has 4 nitrogen and oxygen atoms in total. The van der Waals surface area contributed by atoms with Crippen molar-refractivity contribution in [2.75, 3.05) is 11.6 Å². The number of halogens is 2. The fourth-order valence-electron chi connectivity index (χ4n) is 2.06. The average Bonchev–Trinajstić information content (AvgIpc) is 2.97. The molecule has 0 aliphatic carbocycles. The van der Waals surface area contributed by atoms with Crippen LogP contribution in [0.3, 0.4) is 0 Å². The van der Waals surface area contributed by atoms with Gasteiger partial charge in [0.1, 0.15) is 5.75 Å². The molecule has 1 N–H and O–H groups in total. The number of benzene rings is 2.